The lowest BCUT2D eigenvalue weighted by Crippen LogP contribution is -2.46. The molecule has 5 heteroatoms. The third-order valence-corrected chi connectivity index (χ3v) is 3.11. The van der Waals surface area contributed by atoms with Gasteiger partial charge in [0.25, 0.3) is 0 Å². The highest BCUT2D eigenvalue weighted by atomic mass is 16.5. The van der Waals surface area contributed by atoms with Crippen LogP contribution in [0.5, 0.6) is 5.75 Å². The predicted octanol–water partition coefficient (Wildman–Crippen LogP) is 1.57. The van der Waals surface area contributed by atoms with Gasteiger partial charge in [0.05, 0.1) is 7.11 Å². The number of nitrogens with one attached hydrogen (secondary N) is 1. The number of hydrogen-bond donors (Lipinski definition) is 1. The maximum absolute atomic E-state index is 11.9. The summed E-state index contributed by atoms with van der Waals surface area (Å²) in [6.07, 6.45) is 0. The summed E-state index contributed by atoms with van der Waals surface area (Å²) in [7, 11) is 1.61. The fourth-order valence-electron chi connectivity index (χ4n) is 1.91. The van der Waals surface area contributed by atoms with Crippen LogP contribution >= 0.6 is 0 Å². The first-order valence-electron chi connectivity index (χ1n) is 6.67. The lowest BCUT2D eigenvalue weighted by molar-refractivity contribution is -0.138. The van der Waals surface area contributed by atoms with Gasteiger partial charge in [-0.15, -0.1) is 0 Å². The molecule has 0 aliphatic heterocycles. The molecule has 2 amide bonds. The van der Waals surface area contributed by atoms with E-state index in [0.717, 1.165) is 11.3 Å². The Morgan fingerprint density at radius 3 is 2.35 bits per heavy atom. The Labute approximate surface area is 119 Å². The number of carbonyl (C=O) groups excluding carboxylic acids is 2. The van der Waals surface area contributed by atoms with E-state index in [1.54, 1.807) is 18.9 Å². The van der Waals surface area contributed by atoms with Crippen LogP contribution < -0.4 is 10.1 Å². The van der Waals surface area contributed by atoms with E-state index in [4.69, 9.17) is 4.74 Å². The number of carbonyl (C=O) groups is 2. The van der Waals surface area contributed by atoms with Crippen molar-refractivity contribution in [2.24, 2.45) is 0 Å². The molecule has 20 heavy (non-hydrogen) atoms. The molecule has 0 saturated carbocycles. The SMILES string of the molecule is CCNC(=O)[C@H](C)N(Cc1ccc(OC)cc1)C(C)=O. The molecule has 110 valence electrons. The lowest BCUT2D eigenvalue weighted by atomic mass is 10.1. The van der Waals surface area contributed by atoms with Crippen LogP contribution in [-0.2, 0) is 16.1 Å². The normalized spacial score (nSPS) is 11.6. The standard InChI is InChI=1S/C15H22N2O3/c1-5-16-15(19)11(2)17(12(3)18)10-13-6-8-14(20-4)9-7-13/h6-9,11H,5,10H2,1-4H3,(H,16,19)/t11-/m0/s1. The first-order chi connectivity index (χ1) is 9.49. The minimum absolute atomic E-state index is 0.125. The second-order valence-corrected chi connectivity index (χ2v) is 4.57. The van der Waals surface area contributed by atoms with Crippen molar-refractivity contribution in [3.05, 3.63) is 29.8 Å². The number of benzene rings is 1. The molecular weight excluding hydrogens is 256 g/mol. The molecule has 0 fully saturated rings. The fraction of sp³-hybridized carbons (Fsp3) is 0.467. The minimum atomic E-state index is -0.491. The van der Waals surface area contributed by atoms with Gasteiger partial charge >= 0.3 is 0 Å². The van der Waals surface area contributed by atoms with Crippen molar-refractivity contribution >= 4 is 11.8 Å². The van der Waals surface area contributed by atoms with Gasteiger partial charge < -0.3 is 15.0 Å². The van der Waals surface area contributed by atoms with Gasteiger partial charge in [-0.05, 0) is 31.5 Å². The number of nitrogens with zero attached hydrogens (tertiary/aromatic N) is 1. The second-order valence-electron chi connectivity index (χ2n) is 4.57. The Morgan fingerprint density at radius 2 is 1.90 bits per heavy atom. The predicted molar refractivity (Wildman–Crippen MR) is 77.4 cm³/mol. The molecule has 5 nitrogen and oxygen atoms in total. The Kier molecular flexibility index (Phi) is 6.03. The Bertz CT molecular complexity index is 457. The molecule has 0 radical (unpaired) electrons. The van der Waals surface area contributed by atoms with Crippen LogP contribution in [0.4, 0.5) is 0 Å². The molecule has 0 aromatic heterocycles. The van der Waals surface area contributed by atoms with Gasteiger partial charge in [-0.3, -0.25) is 9.59 Å². The third kappa shape index (κ3) is 4.26. The van der Waals surface area contributed by atoms with Gasteiger partial charge in [0.15, 0.2) is 0 Å². The highest BCUT2D eigenvalue weighted by molar-refractivity contribution is 5.86. The highest BCUT2D eigenvalue weighted by Crippen LogP contribution is 2.14. The van der Waals surface area contributed by atoms with Gasteiger partial charge in [0, 0.05) is 20.0 Å². The van der Waals surface area contributed by atoms with Crippen LogP contribution in [0.25, 0.3) is 0 Å². The van der Waals surface area contributed by atoms with Crippen molar-refractivity contribution in [1.29, 1.82) is 0 Å². The average Bonchev–Trinajstić information content (AvgIpc) is 2.44. The minimum Gasteiger partial charge on any atom is -0.497 e. The zero-order valence-electron chi connectivity index (χ0n) is 12.5. The molecule has 1 atom stereocenters. The summed E-state index contributed by atoms with van der Waals surface area (Å²) in [4.78, 5) is 25.1. The Hall–Kier alpha value is -2.04. The van der Waals surface area contributed by atoms with Crippen LogP contribution in [-0.4, -0.2) is 36.4 Å². The first-order valence-corrected chi connectivity index (χ1v) is 6.67. The summed E-state index contributed by atoms with van der Waals surface area (Å²) >= 11 is 0. The van der Waals surface area contributed by atoms with Crippen LogP contribution in [0.1, 0.15) is 26.3 Å². The molecule has 1 rings (SSSR count). The number of methoxy groups -OCH3 is 1. The second kappa shape index (κ2) is 7.53. The van der Waals surface area contributed by atoms with Crippen LogP contribution in [0.15, 0.2) is 24.3 Å². The van der Waals surface area contributed by atoms with Gasteiger partial charge in [0.1, 0.15) is 11.8 Å². The molecule has 1 N–H and O–H groups in total. The van der Waals surface area contributed by atoms with Crippen molar-refractivity contribution in [3.8, 4) is 5.75 Å². The van der Waals surface area contributed by atoms with E-state index in [1.165, 1.54) is 6.92 Å². The first kappa shape index (κ1) is 16.0. The topological polar surface area (TPSA) is 58.6 Å². The average molecular weight is 278 g/mol. The molecule has 0 heterocycles. The summed E-state index contributed by atoms with van der Waals surface area (Å²) in [6, 6.07) is 6.96. The maximum Gasteiger partial charge on any atom is 0.242 e. The van der Waals surface area contributed by atoms with E-state index >= 15 is 0 Å². The summed E-state index contributed by atoms with van der Waals surface area (Å²) in [5.41, 5.74) is 0.956. The third-order valence-electron chi connectivity index (χ3n) is 3.11. The molecule has 0 saturated heterocycles. The molecule has 1 aromatic rings. The van der Waals surface area contributed by atoms with Crippen LogP contribution in [0.3, 0.4) is 0 Å². The van der Waals surface area contributed by atoms with E-state index in [1.807, 2.05) is 31.2 Å². The number of ether oxygens (including phenoxy) is 1. The van der Waals surface area contributed by atoms with Crippen LogP contribution in [0, 0.1) is 0 Å². The van der Waals surface area contributed by atoms with Gasteiger partial charge in [-0.25, -0.2) is 0 Å². The smallest absolute Gasteiger partial charge is 0.242 e. The Morgan fingerprint density at radius 1 is 1.30 bits per heavy atom. The zero-order chi connectivity index (χ0) is 15.1. The highest BCUT2D eigenvalue weighted by Gasteiger charge is 2.23. The summed E-state index contributed by atoms with van der Waals surface area (Å²) in [6.45, 7) is 6.01. The molecular formula is C15H22N2O3. The molecule has 0 spiro atoms. The van der Waals surface area contributed by atoms with Crippen molar-refractivity contribution in [1.82, 2.24) is 10.2 Å². The van der Waals surface area contributed by atoms with E-state index in [2.05, 4.69) is 5.32 Å². The molecule has 0 aliphatic carbocycles. The molecule has 0 aliphatic rings. The van der Waals surface area contributed by atoms with E-state index in [9.17, 15) is 9.59 Å². The summed E-state index contributed by atoms with van der Waals surface area (Å²) in [5.74, 6) is 0.496. The maximum atomic E-state index is 11.9. The number of rotatable bonds is 6. The van der Waals surface area contributed by atoms with E-state index in [-0.39, 0.29) is 11.8 Å². The van der Waals surface area contributed by atoms with Crippen molar-refractivity contribution in [3.63, 3.8) is 0 Å². The van der Waals surface area contributed by atoms with E-state index < -0.39 is 6.04 Å². The number of likely N-dealkylation sites (N-methyl/N-ethyl adjacent to an activating group) is 1. The van der Waals surface area contributed by atoms with Gasteiger partial charge in [-0.2, -0.15) is 0 Å². The Balaban J connectivity index is 2.80. The fourth-order valence-corrected chi connectivity index (χ4v) is 1.91. The molecule has 0 unspecified atom stereocenters. The largest absolute Gasteiger partial charge is 0.497 e. The summed E-state index contributed by atoms with van der Waals surface area (Å²) in [5, 5.41) is 2.73. The monoisotopic (exact) mass is 278 g/mol. The van der Waals surface area contributed by atoms with Gasteiger partial charge in [0.2, 0.25) is 11.8 Å². The quantitative estimate of drug-likeness (QED) is 0.859. The molecule has 1 aromatic carbocycles. The number of hydrogen-bond acceptors (Lipinski definition) is 3. The lowest BCUT2D eigenvalue weighted by Gasteiger charge is -2.27. The molecule has 0 bridgehead atoms. The summed E-state index contributed by atoms with van der Waals surface area (Å²) < 4.78 is 5.09. The zero-order valence-corrected chi connectivity index (χ0v) is 12.5. The number of amides is 2. The van der Waals surface area contributed by atoms with Gasteiger partial charge in [-0.1, -0.05) is 12.1 Å². The van der Waals surface area contributed by atoms with Crippen molar-refractivity contribution < 1.29 is 14.3 Å². The van der Waals surface area contributed by atoms with Crippen molar-refractivity contribution in [2.45, 2.75) is 33.4 Å². The van der Waals surface area contributed by atoms with Crippen molar-refractivity contribution in [2.75, 3.05) is 13.7 Å². The van der Waals surface area contributed by atoms with E-state index in [0.29, 0.717) is 13.1 Å². The van der Waals surface area contributed by atoms with Crippen LogP contribution in [0.2, 0.25) is 0 Å².